The second kappa shape index (κ2) is 11.4. The Morgan fingerprint density at radius 1 is 1.06 bits per heavy atom. The van der Waals surface area contributed by atoms with E-state index in [-0.39, 0.29) is 24.5 Å². The van der Waals surface area contributed by atoms with E-state index in [1.54, 1.807) is 14.2 Å². The van der Waals surface area contributed by atoms with E-state index in [9.17, 15) is 15.0 Å². The molecular formula is C26H39NO7. The summed E-state index contributed by atoms with van der Waals surface area (Å²) in [5, 5.41) is 37.8. The van der Waals surface area contributed by atoms with Crippen LogP contribution in [-0.2, 0) is 6.54 Å². The summed E-state index contributed by atoms with van der Waals surface area (Å²) in [5.74, 6) is 0.0925. The molecule has 8 nitrogen and oxygen atoms in total. The van der Waals surface area contributed by atoms with Crippen LogP contribution in [0.3, 0.4) is 0 Å². The molecule has 2 saturated carbocycles. The molecule has 3 unspecified atom stereocenters. The smallest absolute Gasteiger partial charge is 0.411 e. The summed E-state index contributed by atoms with van der Waals surface area (Å²) in [6, 6.07) is 3.72. The van der Waals surface area contributed by atoms with Gasteiger partial charge in [0.15, 0.2) is 5.79 Å². The third-order valence-corrected chi connectivity index (χ3v) is 7.12. The van der Waals surface area contributed by atoms with Gasteiger partial charge in [-0.2, -0.15) is 0 Å². The van der Waals surface area contributed by atoms with Gasteiger partial charge >= 0.3 is 6.09 Å². The maximum absolute atomic E-state index is 12.0. The van der Waals surface area contributed by atoms with Crippen LogP contribution in [0.4, 0.5) is 4.79 Å². The predicted molar refractivity (Wildman–Crippen MR) is 128 cm³/mol. The number of rotatable bonds is 3. The first-order chi connectivity index (χ1) is 16.1. The van der Waals surface area contributed by atoms with Crippen LogP contribution < -0.4 is 9.47 Å². The second-order valence-corrected chi connectivity index (χ2v) is 9.71. The number of nitrogens with zero attached hydrogens (tertiary/aromatic N) is 1. The molecule has 0 saturated heterocycles. The molecule has 3 aliphatic rings. The van der Waals surface area contributed by atoms with Gasteiger partial charge in [-0.05, 0) is 43.7 Å². The molecule has 1 amide bonds. The van der Waals surface area contributed by atoms with E-state index in [1.165, 1.54) is 4.90 Å². The summed E-state index contributed by atoms with van der Waals surface area (Å²) in [6.45, 7) is 2.30. The van der Waals surface area contributed by atoms with E-state index in [2.05, 4.69) is 6.92 Å². The Kier molecular flexibility index (Phi) is 8.84. The molecule has 190 valence electrons. The van der Waals surface area contributed by atoms with Crippen molar-refractivity contribution in [3.63, 3.8) is 0 Å². The zero-order valence-electron chi connectivity index (χ0n) is 20.5. The summed E-state index contributed by atoms with van der Waals surface area (Å²) in [7, 11) is 3.20. The van der Waals surface area contributed by atoms with Crippen LogP contribution in [0.25, 0.3) is 0 Å². The molecule has 3 atom stereocenters. The molecular weight excluding hydrogens is 438 g/mol. The number of hydrogen-bond acceptors (Lipinski definition) is 6. The van der Waals surface area contributed by atoms with Gasteiger partial charge < -0.3 is 29.9 Å². The highest BCUT2D eigenvalue weighted by Crippen LogP contribution is 2.42. The SMILES string of the molecule is COc1cc2c(c(OC)c1)C(C)C=C(C1CCCC(O)C1)N(C(=O)O)C2.OC1(O)CCCCC1. The molecule has 0 aromatic heterocycles. The minimum Gasteiger partial charge on any atom is -0.497 e. The maximum Gasteiger partial charge on any atom is 0.411 e. The number of ether oxygens (including phenoxy) is 2. The van der Waals surface area contributed by atoms with E-state index in [0.717, 1.165) is 55.3 Å². The van der Waals surface area contributed by atoms with Crippen LogP contribution in [0.5, 0.6) is 11.5 Å². The van der Waals surface area contributed by atoms with Crippen molar-refractivity contribution in [1.29, 1.82) is 0 Å². The number of fused-ring (bicyclic) bond motifs is 1. The van der Waals surface area contributed by atoms with Gasteiger partial charge in [0.2, 0.25) is 0 Å². The number of allylic oxidation sites excluding steroid dienone is 2. The monoisotopic (exact) mass is 477 g/mol. The zero-order chi connectivity index (χ0) is 24.9. The molecule has 1 aliphatic heterocycles. The molecule has 2 aliphatic carbocycles. The number of carbonyl (C=O) groups is 1. The lowest BCUT2D eigenvalue weighted by molar-refractivity contribution is -0.180. The van der Waals surface area contributed by atoms with Gasteiger partial charge in [-0.1, -0.05) is 25.8 Å². The van der Waals surface area contributed by atoms with Crippen LogP contribution in [0.1, 0.15) is 81.8 Å². The number of amides is 1. The molecule has 2 fully saturated rings. The molecule has 1 aromatic rings. The lowest BCUT2D eigenvalue weighted by atomic mass is 9.83. The van der Waals surface area contributed by atoms with Crippen LogP contribution in [0, 0.1) is 5.92 Å². The fourth-order valence-electron chi connectivity index (χ4n) is 5.37. The zero-order valence-corrected chi connectivity index (χ0v) is 20.5. The average Bonchev–Trinajstić information content (AvgIpc) is 2.95. The number of hydrogen-bond donors (Lipinski definition) is 4. The highest BCUT2D eigenvalue weighted by molar-refractivity contribution is 5.69. The van der Waals surface area contributed by atoms with Crippen molar-refractivity contribution in [2.75, 3.05) is 14.2 Å². The van der Waals surface area contributed by atoms with Crippen molar-refractivity contribution in [1.82, 2.24) is 4.90 Å². The molecule has 0 spiro atoms. The number of aliphatic hydroxyl groups is 3. The normalized spacial score (nSPS) is 26.2. The van der Waals surface area contributed by atoms with Gasteiger partial charge in [0.05, 0.1) is 26.9 Å². The molecule has 0 bridgehead atoms. The molecule has 34 heavy (non-hydrogen) atoms. The Labute approximate surface area is 201 Å². The van der Waals surface area contributed by atoms with Gasteiger partial charge in [0.1, 0.15) is 11.5 Å². The molecule has 4 N–H and O–H groups in total. The molecule has 4 rings (SSSR count). The van der Waals surface area contributed by atoms with E-state index in [1.807, 2.05) is 18.2 Å². The van der Waals surface area contributed by atoms with E-state index >= 15 is 0 Å². The highest BCUT2D eigenvalue weighted by Gasteiger charge is 2.33. The number of aliphatic hydroxyl groups excluding tert-OH is 1. The van der Waals surface area contributed by atoms with Crippen molar-refractivity contribution < 1.29 is 34.7 Å². The van der Waals surface area contributed by atoms with E-state index in [0.29, 0.717) is 30.8 Å². The number of methoxy groups -OCH3 is 2. The average molecular weight is 478 g/mol. The van der Waals surface area contributed by atoms with Gasteiger partial charge in [-0.15, -0.1) is 0 Å². The van der Waals surface area contributed by atoms with Gasteiger partial charge in [-0.25, -0.2) is 4.79 Å². The van der Waals surface area contributed by atoms with Crippen molar-refractivity contribution >= 4 is 6.09 Å². The van der Waals surface area contributed by atoms with Crippen molar-refractivity contribution in [3.8, 4) is 11.5 Å². The maximum atomic E-state index is 12.0. The topological polar surface area (TPSA) is 120 Å². The molecule has 8 heteroatoms. The third-order valence-electron chi connectivity index (χ3n) is 7.12. The minimum atomic E-state index is -1.32. The van der Waals surface area contributed by atoms with Gasteiger partial charge in [0.25, 0.3) is 0 Å². The fourth-order valence-corrected chi connectivity index (χ4v) is 5.37. The summed E-state index contributed by atoms with van der Waals surface area (Å²) in [4.78, 5) is 13.4. The lowest BCUT2D eigenvalue weighted by Crippen LogP contribution is -2.34. The van der Waals surface area contributed by atoms with Crippen molar-refractivity contribution in [2.24, 2.45) is 5.92 Å². The quantitative estimate of drug-likeness (QED) is 0.477. The van der Waals surface area contributed by atoms with Crippen molar-refractivity contribution in [3.05, 3.63) is 35.0 Å². The Bertz CT molecular complexity index is 874. The first-order valence-electron chi connectivity index (χ1n) is 12.2. The fraction of sp³-hybridized carbons (Fsp3) is 0.654. The summed E-state index contributed by atoms with van der Waals surface area (Å²) >= 11 is 0. The number of carboxylic acid groups (broad SMARTS) is 1. The van der Waals surface area contributed by atoms with Gasteiger partial charge in [-0.3, -0.25) is 4.90 Å². The molecule has 1 aromatic carbocycles. The summed E-state index contributed by atoms with van der Waals surface area (Å²) < 4.78 is 10.9. The Hall–Kier alpha value is -2.29. The highest BCUT2D eigenvalue weighted by atomic mass is 16.5. The predicted octanol–water partition coefficient (Wildman–Crippen LogP) is 4.37. The Morgan fingerprint density at radius 3 is 2.29 bits per heavy atom. The van der Waals surface area contributed by atoms with Crippen LogP contribution in [0.2, 0.25) is 0 Å². The summed E-state index contributed by atoms with van der Waals surface area (Å²) in [6.07, 6.45) is 8.11. The van der Waals surface area contributed by atoms with Crippen LogP contribution in [0.15, 0.2) is 23.9 Å². The van der Waals surface area contributed by atoms with Crippen LogP contribution in [-0.4, -0.2) is 57.5 Å². The van der Waals surface area contributed by atoms with Gasteiger partial charge in [0, 0.05) is 42.0 Å². The Morgan fingerprint density at radius 2 is 1.76 bits per heavy atom. The Balaban J connectivity index is 0.000000343. The number of benzene rings is 1. The first-order valence-corrected chi connectivity index (χ1v) is 12.2. The minimum absolute atomic E-state index is 0.00396. The summed E-state index contributed by atoms with van der Waals surface area (Å²) in [5.41, 5.74) is 2.67. The van der Waals surface area contributed by atoms with E-state index < -0.39 is 11.9 Å². The van der Waals surface area contributed by atoms with Crippen molar-refractivity contribution in [2.45, 2.75) is 89.1 Å². The molecule has 1 heterocycles. The lowest BCUT2D eigenvalue weighted by Gasteiger charge is -2.32. The molecule has 0 radical (unpaired) electrons. The van der Waals surface area contributed by atoms with Crippen LogP contribution >= 0.6 is 0 Å². The third kappa shape index (κ3) is 6.43. The second-order valence-electron chi connectivity index (χ2n) is 9.71. The van der Waals surface area contributed by atoms with E-state index in [4.69, 9.17) is 19.7 Å². The standard InChI is InChI=1S/C20H27NO5.C6H12O2/c1-12-7-17(13-5-4-6-15(22)8-13)21(20(23)24)11-14-9-16(25-2)10-18(26-3)19(12)14;7-6(8)4-2-1-3-5-6/h7,9-10,12-13,15,22H,4-6,8,11H2,1-3H3,(H,23,24);7-8H,1-5H2. The largest absolute Gasteiger partial charge is 0.497 e. The first kappa shape index (κ1) is 26.3.